The lowest BCUT2D eigenvalue weighted by Crippen LogP contribution is -2.18. The van der Waals surface area contributed by atoms with Crippen molar-refractivity contribution >= 4 is 11.7 Å². The van der Waals surface area contributed by atoms with Gasteiger partial charge in [0.05, 0.1) is 5.69 Å². The third kappa shape index (κ3) is 2.85. The Labute approximate surface area is 150 Å². The van der Waals surface area contributed by atoms with E-state index in [-0.39, 0.29) is 17.7 Å². The first-order chi connectivity index (χ1) is 12.8. The molecule has 2 fully saturated rings. The number of hydrogen-bond acceptors (Lipinski definition) is 5. The van der Waals surface area contributed by atoms with Gasteiger partial charge in [-0.15, -0.1) is 0 Å². The number of nitrogens with one attached hydrogen (secondary N) is 1. The minimum Gasteiger partial charge on any atom is -0.310 e. The van der Waals surface area contributed by atoms with Crippen molar-refractivity contribution in [3.05, 3.63) is 60.3 Å². The fraction of sp³-hybridized carbons (Fsp3) is 0.316. The number of hydrogen-bond donors (Lipinski definition) is 1. The number of nitrogens with zero attached hydrogens (tertiary/aromatic N) is 5. The molecule has 2 aliphatic rings. The summed E-state index contributed by atoms with van der Waals surface area (Å²) in [6.45, 7) is 0. The van der Waals surface area contributed by atoms with Gasteiger partial charge in [-0.25, -0.2) is 9.97 Å². The predicted octanol–water partition coefficient (Wildman–Crippen LogP) is 2.68. The van der Waals surface area contributed by atoms with Crippen LogP contribution in [-0.4, -0.2) is 30.6 Å². The summed E-state index contributed by atoms with van der Waals surface area (Å²) >= 11 is 0. The highest BCUT2D eigenvalue weighted by atomic mass is 16.2. The van der Waals surface area contributed by atoms with E-state index >= 15 is 0 Å². The Kier molecular flexibility index (Phi) is 3.51. The molecule has 3 aromatic heterocycles. The molecule has 2 aliphatic carbocycles. The molecule has 0 bridgehead atoms. The van der Waals surface area contributed by atoms with Gasteiger partial charge in [0.2, 0.25) is 5.91 Å². The van der Waals surface area contributed by atoms with E-state index in [9.17, 15) is 4.79 Å². The first-order valence-electron chi connectivity index (χ1n) is 8.88. The molecule has 0 radical (unpaired) electrons. The van der Waals surface area contributed by atoms with Gasteiger partial charge in [0, 0.05) is 42.7 Å². The average molecular weight is 346 g/mol. The minimum atomic E-state index is -0.0244. The molecule has 7 heteroatoms. The number of rotatable bonds is 5. The SMILES string of the molecule is O=C(Nc1cc(C2CC2)nn1-c1ncccn1)C1CC1c1cccnc1. The number of carbonyl (C=O) groups is 1. The summed E-state index contributed by atoms with van der Waals surface area (Å²) in [7, 11) is 0. The Hall–Kier alpha value is -3.09. The van der Waals surface area contributed by atoms with E-state index in [1.807, 2.05) is 24.4 Å². The fourth-order valence-corrected chi connectivity index (χ4v) is 3.29. The number of anilines is 1. The van der Waals surface area contributed by atoms with Gasteiger partial charge in [-0.2, -0.15) is 9.78 Å². The molecule has 0 saturated heterocycles. The summed E-state index contributed by atoms with van der Waals surface area (Å²) in [6, 6.07) is 7.65. The summed E-state index contributed by atoms with van der Waals surface area (Å²) in [5.74, 6) is 1.83. The van der Waals surface area contributed by atoms with Gasteiger partial charge in [0.25, 0.3) is 5.95 Å². The smallest absolute Gasteiger partial charge is 0.252 e. The largest absolute Gasteiger partial charge is 0.310 e. The predicted molar refractivity (Wildman–Crippen MR) is 94.8 cm³/mol. The lowest BCUT2D eigenvalue weighted by atomic mass is 10.1. The molecule has 130 valence electrons. The maximum absolute atomic E-state index is 12.7. The number of carbonyl (C=O) groups excluding carboxylic acids is 1. The van der Waals surface area contributed by atoms with E-state index < -0.39 is 0 Å². The van der Waals surface area contributed by atoms with Crippen molar-refractivity contribution < 1.29 is 4.79 Å². The minimum absolute atomic E-state index is 0.0123. The molecule has 3 aromatic rings. The quantitative estimate of drug-likeness (QED) is 0.768. The van der Waals surface area contributed by atoms with Crippen molar-refractivity contribution in [1.82, 2.24) is 24.7 Å². The zero-order chi connectivity index (χ0) is 17.5. The third-order valence-corrected chi connectivity index (χ3v) is 4.96. The molecule has 0 aromatic carbocycles. The van der Waals surface area contributed by atoms with Crippen LogP contribution >= 0.6 is 0 Å². The Balaban J connectivity index is 1.38. The second-order valence-electron chi connectivity index (χ2n) is 6.91. The van der Waals surface area contributed by atoms with Crippen molar-refractivity contribution in [3.8, 4) is 5.95 Å². The van der Waals surface area contributed by atoms with Crippen molar-refractivity contribution in [2.75, 3.05) is 5.32 Å². The molecule has 0 aliphatic heterocycles. The first-order valence-corrected chi connectivity index (χ1v) is 8.88. The van der Waals surface area contributed by atoms with Gasteiger partial charge in [-0.05, 0) is 42.9 Å². The van der Waals surface area contributed by atoms with Crippen molar-refractivity contribution in [2.24, 2.45) is 5.92 Å². The maximum Gasteiger partial charge on any atom is 0.252 e. The molecule has 5 rings (SSSR count). The van der Waals surface area contributed by atoms with Crippen LogP contribution in [0.15, 0.2) is 49.1 Å². The first kappa shape index (κ1) is 15.2. The lowest BCUT2D eigenvalue weighted by molar-refractivity contribution is -0.117. The molecule has 3 heterocycles. The molecule has 0 spiro atoms. The number of amides is 1. The normalized spacial score (nSPS) is 21.4. The van der Waals surface area contributed by atoms with E-state index in [0.29, 0.717) is 17.7 Å². The van der Waals surface area contributed by atoms with Gasteiger partial charge in [0.1, 0.15) is 5.82 Å². The van der Waals surface area contributed by atoms with Crippen LogP contribution in [0.25, 0.3) is 5.95 Å². The highest BCUT2D eigenvalue weighted by molar-refractivity contribution is 5.94. The van der Waals surface area contributed by atoms with Crippen LogP contribution in [0.5, 0.6) is 0 Å². The van der Waals surface area contributed by atoms with Gasteiger partial charge >= 0.3 is 0 Å². The zero-order valence-corrected chi connectivity index (χ0v) is 14.1. The van der Waals surface area contributed by atoms with E-state index in [1.54, 1.807) is 29.3 Å². The summed E-state index contributed by atoms with van der Waals surface area (Å²) in [5, 5.41) is 7.65. The van der Waals surface area contributed by atoms with Crippen LogP contribution in [-0.2, 0) is 4.79 Å². The molecule has 1 amide bonds. The molecule has 26 heavy (non-hydrogen) atoms. The van der Waals surface area contributed by atoms with Gasteiger partial charge in [-0.3, -0.25) is 9.78 Å². The Morgan fingerprint density at radius 1 is 1.15 bits per heavy atom. The van der Waals surface area contributed by atoms with E-state index in [0.717, 1.165) is 30.5 Å². The Morgan fingerprint density at radius 2 is 2.00 bits per heavy atom. The van der Waals surface area contributed by atoms with Gasteiger partial charge < -0.3 is 5.32 Å². The summed E-state index contributed by atoms with van der Waals surface area (Å²) < 4.78 is 1.63. The van der Waals surface area contributed by atoms with Gasteiger partial charge in [0.15, 0.2) is 0 Å². The summed E-state index contributed by atoms with van der Waals surface area (Å²) in [5.41, 5.74) is 2.11. The highest BCUT2D eigenvalue weighted by Crippen LogP contribution is 2.48. The Morgan fingerprint density at radius 3 is 2.73 bits per heavy atom. The molecule has 2 unspecified atom stereocenters. The molecular weight excluding hydrogens is 328 g/mol. The number of aromatic nitrogens is 5. The molecule has 1 N–H and O–H groups in total. The van der Waals surface area contributed by atoms with Crippen LogP contribution in [0.4, 0.5) is 5.82 Å². The van der Waals surface area contributed by atoms with E-state index in [1.165, 1.54) is 0 Å². The topological polar surface area (TPSA) is 85.6 Å². The van der Waals surface area contributed by atoms with Crippen LogP contribution in [0.1, 0.15) is 42.4 Å². The Bertz CT molecular complexity index is 935. The summed E-state index contributed by atoms with van der Waals surface area (Å²) in [6.07, 6.45) is 10.1. The molecule has 2 saturated carbocycles. The molecule has 7 nitrogen and oxygen atoms in total. The van der Waals surface area contributed by atoms with Crippen molar-refractivity contribution in [1.29, 1.82) is 0 Å². The average Bonchev–Trinajstić information content (AvgIpc) is 3.60. The second-order valence-corrected chi connectivity index (χ2v) is 6.91. The summed E-state index contributed by atoms with van der Waals surface area (Å²) in [4.78, 5) is 25.4. The van der Waals surface area contributed by atoms with E-state index in [2.05, 4.69) is 25.4 Å². The third-order valence-electron chi connectivity index (χ3n) is 4.96. The van der Waals surface area contributed by atoms with Crippen molar-refractivity contribution in [2.45, 2.75) is 31.1 Å². The van der Waals surface area contributed by atoms with Crippen LogP contribution in [0.3, 0.4) is 0 Å². The monoisotopic (exact) mass is 346 g/mol. The zero-order valence-electron chi connectivity index (χ0n) is 14.1. The highest BCUT2D eigenvalue weighted by Gasteiger charge is 2.44. The van der Waals surface area contributed by atoms with Crippen molar-refractivity contribution in [3.63, 3.8) is 0 Å². The maximum atomic E-state index is 12.7. The van der Waals surface area contributed by atoms with Crippen LogP contribution < -0.4 is 5.32 Å². The number of pyridine rings is 1. The molecule has 2 atom stereocenters. The fourth-order valence-electron chi connectivity index (χ4n) is 3.29. The van der Waals surface area contributed by atoms with Crippen LogP contribution in [0, 0.1) is 5.92 Å². The lowest BCUT2D eigenvalue weighted by Gasteiger charge is -2.07. The van der Waals surface area contributed by atoms with Crippen LogP contribution in [0.2, 0.25) is 0 Å². The van der Waals surface area contributed by atoms with Gasteiger partial charge in [-0.1, -0.05) is 6.07 Å². The second kappa shape index (κ2) is 6.01. The van der Waals surface area contributed by atoms with E-state index in [4.69, 9.17) is 0 Å². The standard InChI is InChI=1S/C19H18N6O/c26-18(15-9-14(15)13-3-1-6-20-11-13)23-17-10-16(12-4-5-12)24-25(17)19-21-7-2-8-22-19/h1-3,6-8,10-12,14-15H,4-5,9H2,(H,23,26). The molecular formula is C19H18N6O.